The summed E-state index contributed by atoms with van der Waals surface area (Å²) in [6.07, 6.45) is 0.514. The van der Waals surface area contributed by atoms with Crippen LogP contribution in [0, 0.1) is 0 Å². The lowest BCUT2D eigenvalue weighted by atomic mass is 10.1. The van der Waals surface area contributed by atoms with Crippen LogP contribution < -0.4 is 16.4 Å². The first kappa shape index (κ1) is 18.7. The molecule has 9 heteroatoms. The average Bonchev–Trinajstić information content (AvgIpc) is 2.40. The number of aliphatic carboxylic acids is 1. The van der Waals surface area contributed by atoms with E-state index in [2.05, 4.69) is 10.6 Å². The van der Waals surface area contributed by atoms with Crippen LogP contribution in [0.2, 0.25) is 0 Å². The first-order chi connectivity index (χ1) is 9.77. The number of amides is 4. The summed E-state index contributed by atoms with van der Waals surface area (Å²) in [4.78, 5) is 45.9. The van der Waals surface area contributed by atoms with Gasteiger partial charge in [-0.1, -0.05) is 6.92 Å². The Morgan fingerprint density at radius 1 is 1.29 bits per heavy atom. The molecule has 0 spiro atoms. The molecule has 0 heterocycles. The number of carboxylic acids is 1. The fourth-order valence-electron chi connectivity index (χ4n) is 1.41. The Labute approximate surface area is 122 Å². The van der Waals surface area contributed by atoms with Crippen LogP contribution in [-0.2, 0) is 14.4 Å². The third-order valence-corrected chi connectivity index (χ3v) is 2.57. The van der Waals surface area contributed by atoms with Crippen molar-refractivity contribution in [1.82, 2.24) is 15.5 Å². The van der Waals surface area contributed by atoms with Crippen molar-refractivity contribution >= 4 is 23.8 Å². The van der Waals surface area contributed by atoms with Gasteiger partial charge in [0.15, 0.2) is 0 Å². The van der Waals surface area contributed by atoms with E-state index in [0.717, 1.165) is 11.3 Å². The molecule has 0 aromatic heterocycles. The fraction of sp³-hybridized carbons (Fsp3) is 0.667. The molecule has 0 aliphatic heterocycles. The van der Waals surface area contributed by atoms with Crippen molar-refractivity contribution in [2.45, 2.75) is 32.2 Å². The minimum absolute atomic E-state index is 0.105. The number of nitrogens with one attached hydrogen (secondary N) is 2. The van der Waals surface area contributed by atoms with Crippen LogP contribution >= 0.6 is 0 Å². The number of likely N-dealkylation sites (N-methyl/N-ethyl adjacent to an activating group) is 1. The number of primary amides is 1. The van der Waals surface area contributed by atoms with Gasteiger partial charge in [-0.25, -0.2) is 9.59 Å². The lowest BCUT2D eigenvalue weighted by Gasteiger charge is -2.20. The van der Waals surface area contributed by atoms with Gasteiger partial charge in [-0.2, -0.15) is 0 Å². The molecule has 120 valence electrons. The summed E-state index contributed by atoms with van der Waals surface area (Å²) in [5.74, 6) is -2.25. The van der Waals surface area contributed by atoms with Crippen molar-refractivity contribution in [3.05, 3.63) is 0 Å². The molecule has 1 unspecified atom stereocenters. The second-order valence-electron chi connectivity index (χ2n) is 4.55. The van der Waals surface area contributed by atoms with Crippen molar-refractivity contribution in [2.24, 2.45) is 5.73 Å². The molecule has 5 N–H and O–H groups in total. The Bertz CT molecular complexity index is 399. The molecular weight excluding hydrogens is 280 g/mol. The lowest BCUT2D eigenvalue weighted by molar-refractivity contribution is -0.139. The van der Waals surface area contributed by atoms with Gasteiger partial charge in [-0.15, -0.1) is 0 Å². The first-order valence-electron chi connectivity index (χ1n) is 6.57. The molecule has 0 aromatic carbocycles. The van der Waals surface area contributed by atoms with E-state index < -0.39 is 23.9 Å². The first-order valence-corrected chi connectivity index (χ1v) is 6.57. The van der Waals surface area contributed by atoms with Gasteiger partial charge in [0.2, 0.25) is 11.8 Å². The maximum absolute atomic E-state index is 11.8. The monoisotopic (exact) mass is 302 g/mol. The molecule has 21 heavy (non-hydrogen) atoms. The van der Waals surface area contributed by atoms with Crippen LogP contribution in [0.15, 0.2) is 0 Å². The van der Waals surface area contributed by atoms with Crippen LogP contribution in [0.4, 0.5) is 4.79 Å². The number of hydrogen-bond donors (Lipinski definition) is 4. The molecule has 0 fully saturated rings. The second-order valence-corrected chi connectivity index (χ2v) is 4.55. The largest absolute Gasteiger partial charge is 0.480 e. The SMILES string of the molecule is CCCNC(=O)CN(C)C(=O)NC(CCC(N)=O)C(=O)O. The minimum Gasteiger partial charge on any atom is -0.480 e. The third kappa shape index (κ3) is 8.45. The fourth-order valence-corrected chi connectivity index (χ4v) is 1.41. The lowest BCUT2D eigenvalue weighted by Crippen LogP contribution is -2.49. The zero-order chi connectivity index (χ0) is 16.4. The van der Waals surface area contributed by atoms with E-state index in [9.17, 15) is 19.2 Å². The standard InChI is InChI=1S/C12H22N4O5/c1-3-6-14-10(18)7-16(2)12(21)15-8(11(19)20)4-5-9(13)17/h8H,3-7H2,1-2H3,(H2,13,17)(H,14,18)(H,15,21)(H,19,20). The Morgan fingerprint density at radius 2 is 1.90 bits per heavy atom. The Balaban J connectivity index is 4.37. The van der Waals surface area contributed by atoms with Crippen LogP contribution in [0.1, 0.15) is 26.2 Å². The van der Waals surface area contributed by atoms with Gasteiger partial charge < -0.3 is 26.4 Å². The highest BCUT2D eigenvalue weighted by molar-refractivity contribution is 5.86. The zero-order valence-electron chi connectivity index (χ0n) is 12.2. The molecule has 0 bridgehead atoms. The zero-order valence-corrected chi connectivity index (χ0v) is 12.2. The van der Waals surface area contributed by atoms with Gasteiger partial charge in [-0.05, 0) is 12.8 Å². The number of carbonyl (C=O) groups excluding carboxylic acids is 3. The number of nitrogens with zero attached hydrogens (tertiary/aromatic N) is 1. The number of carbonyl (C=O) groups is 4. The van der Waals surface area contributed by atoms with E-state index >= 15 is 0 Å². The van der Waals surface area contributed by atoms with Gasteiger partial charge >= 0.3 is 12.0 Å². The molecule has 0 rings (SSSR count). The van der Waals surface area contributed by atoms with Crippen LogP contribution in [0.5, 0.6) is 0 Å². The average molecular weight is 302 g/mol. The molecule has 1 atom stereocenters. The van der Waals surface area contributed by atoms with Crippen molar-refractivity contribution in [3.8, 4) is 0 Å². The second kappa shape index (κ2) is 9.56. The number of urea groups is 1. The Morgan fingerprint density at radius 3 is 2.38 bits per heavy atom. The molecule has 0 radical (unpaired) electrons. The number of hydrogen-bond acceptors (Lipinski definition) is 4. The molecule has 0 aliphatic carbocycles. The molecular formula is C12H22N4O5. The molecule has 4 amide bonds. The maximum atomic E-state index is 11.8. The summed E-state index contributed by atoms with van der Waals surface area (Å²) in [5.41, 5.74) is 4.94. The number of rotatable bonds is 9. The van der Waals surface area contributed by atoms with E-state index in [1.807, 2.05) is 6.92 Å². The quantitative estimate of drug-likeness (QED) is 0.426. The van der Waals surface area contributed by atoms with Gasteiger partial charge in [0.05, 0.1) is 0 Å². The Kier molecular flexibility index (Phi) is 8.51. The van der Waals surface area contributed by atoms with Gasteiger partial charge in [0, 0.05) is 20.0 Å². The van der Waals surface area contributed by atoms with E-state index in [1.165, 1.54) is 7.05 Å². The van der Waals surface area contributed by atoms with Crippen molar-refractivity contribution in [1.29, 1.82) is 0 Å². The summed E-state index contributed by atoms with van der Waals surface area (Å²) in [5, 5.41) is 13.8. The predicted octanol–water partition coefficient (Wildman–Crippen LogP) is -1.13. The van der Waals surface area contributed by atoms with Crippen molar-refractivity contribution < 1.29 is 24.3 Å². The number of carboxylic acid groups (broad SMARTS) is 1. The van der Waals surface area contributed by atoms with Crippen LogP contribution in [0.25, 0.3) is 0 Å². The number of nitrogens with two attached hydrogens (primary N) is 1. The summed E-state index contributed by atoms with van der Waals surface area (Å²) in [6.45, 7) is 2.21. The predicted molar refractivity (Wildman–Crippen MR) is 74.3 cm³/mol. The van der Waals surface area contributed by atoms with Gasteiger partial charge in [-0.3, -0.25) is 9.59 Å². The van der Waals surface area contributed by atoms with E-state index in [0.29, 0.717) is 6.54 Å². The van der Waals surface area contributed by atoms with Gasteiger partial charge in [0.1, 0.15) is 12.6 Å². The van der Waals surface area contributed by atoms with E-state index in [1.54, 1.807) is 0 Å². The Hall–Kier alpha value is -2.32. The highest BCUT2D eigenvalue weighted by Gasteiger charge is 2.22. The normalized spacial score (nSPS) is 11.3. The smallest absolute Gasteiger partial charge is 0.326 e. The van der Waals surface area contributed by atoms with Gasteiger partial charge in [0.25, 0.3) is 0 Å². The minimum atomic E-state index is -1.27. The highest BCUT2D eigenvalue weighted by Crippen LogP contribution is 1.99. The van der Waals surface area contributed by atoms with E-state index in [4.69, 9.17) is 10.8 Å². The summed E-state index contributed by atoms with van der Waals surface area (Å²) < 4.78 is 0. The molecule has 0 saturated heterocycles. The maximum Gasteiger partial charge on any atom is 0.326 e. The molecule has 0 aromatic rings. The summed E-state index contributed by atoms with van der Waals surface area (Å²) in [6, 6.07) is -1.94. The van der Waals surface area contributed by atoms with Crippen LogP contribution in [-0.4, -0.2) is 60.0 Å². The summed E-state index contributed by atoms with van der Waals surface area (Å²) >= 11 is 0. The van der Waals surface area contributed by atoms with Crippen LogP contribution in [0.3, 0.4) is 0 Å². The van der Waals surface area contributed by atoms with Crippen molar-refractivity contribution in [3.63, 3.8) is 0 Å². The van der Waals surface area contributed by atoms with E-state index in [-0.39, 0.29) is 25.3 Å². The summed E-state index contributed by atoms with van der Waals surface area (Å²) in [7, 11) is 1.37. The molecule has 0 saturated carbocycles. The topological polar surface area (TPSA) is 142 Å². The highest BCUT2D eigenvalue weighted by atomic mass is 16.4. The molecule has 9 nitrogen and oxygen atoms in total. The molecule has 0 aliphatic rings. The van der Waals surface area contributed by atoms with Crippen molar-refractivity contribution in [2.75, 3.05) is 20.1 Å². The third-order valence-electron chi connectivity index (χ3n) is 2.57.